The first-order valence-electron chi connectivity index (χ1n) is 9.34. The van der Waals surface area contributed by atoms with Gasteiger partial charge >= 0.3 is 0 Å². The number of rotatable bonds is 5. The number of halogens is 1. The predicted molar refractivity (Wildman–Crippen MR) is 110 cm³/mol. The van der Waals surface area contributed by atoms with E-state index in [1.807, 2.05) is 6.92 Å². The van der Waals surface area contributed by atoms with Crippen molar-refractivity contribution in [3.63, 3.8) is 0 Å². The fraction of sp³-hybridized carbons (Fsp3) is 0.381. The molecule has 0 atom stereocenters. The van der Waals surface area contributed by atoms with Crippen molar-refractivity contribution in [2.75, 3.05) is 11.4 Å². The molecule has 0 heterocycles. The Morgan fingerprint density at radius 1 is 1.07 bits per heavy atom. The van der Waals surface area contributed by atoms with Crippen LogP contribution in [0.1, 0.15) is 37.7 Å². The van der Waals surface area contributed by atoms with Crippen LogP contribution in [0.15, 0.2) is 47.4 Å². The van der Waals surface area contributed by atoms with E-state index < -0.39 is 15.9 Å². The van der Waals surface area contributed by atoms with Gasteiger partial charge in [0.2, 0.25) is 5.91 Å². The third-order valence-electron chi connectivity index (χ3n) is 5.08. The van der Waals surface area contributed by atoms with Crippen molar-refractivity contribution in [2.45, 2.75) is 43.9 Å². The number of sulfonamides is 1. The lowest BCUT2D eigenvalue weighted by molar-refractivity contribution is -0.122. The van der Waals surface area contributed by atoms with Crippen molar-refractivity contribution < 1.29 is 17.9 Å². The van der Waals surface area contributed by atoms with Gasteiger partial charge in [-0.2, -0.15) is 0 Å². The molecule has 150 valence electrons. The molecule has 0 bridgehead atoms. The number of nitrogens with zero attached hydrogens (tertiary/aromatic N) is 1. The summed E-state index contributed by atoms with van der Waals surface area (Å²) in [6, 6.07) is 11.1. The lowest BCUT2D eigenvalue weighted by atomic mass is 9.88. The van der Waals surface area contributed by atoms with Crippen LogP contribution in [0.4, 0.5) is 5.69 Å². The van der Waals surface area contributed by atoms with Gasteiger partial charge in [-0.1, -0.05) is 48.6 Å². The second-order valence-corrected chi connectivity index (χ2v) is 9.27. The Labute approximate surface area is 171 Å². The summed E-state index contributed by atoms with van der Waals surface area (Å²) in [6.07, 6.45) is 4.32. The topological polar surface area (TPSA) is 63.7 Å². The zero-order valence-corrected chi connectivity index (χ0v) is 17.6. The van der Waals surface area contributed by atoms with E-state index in [0.717, 1.165) is 29.1 Å². The first kappa shape index (κ1) is 20.7. The molecule has 0 saturated heterocycles. The average Bonchev–Trinajstić information content (AvgIpc) is 2.69. The summed E-state index contributed by atoms with van der Waals surface area (Å²) < 4.78 is 32.9. The van der Waals surface area contributed by atoms with E-state index in [1.165, 1.54) is 25.3 Å². The first-order valence-corrected chi connectivity index (χ1v) is 11.2. The molecule has 0 aliphatic heterocycles. The van der Waals surface area contributed by atoms with E-state index in [9.17, 15) is 13.2 Å². The lowest BCUT2D eigenvalue weighted by Crippen LogP contribution is -2.41. The van der Waals surface area contributed by atoms with Crippen molar-refractivity contribution in [1.82, 2.24) is 0 Å². The van der Waals surface area contributed by atoms with Crippen LogP contribution in [0.5, 0.6) is 5.75 Å². The molecular weight excluding hydrogens is 398 g/mol. The number of methoxy groups -OCH3 is 1. The Kier molecular flexibility index (Phi) is 6.30. The summed E-state index contributed by atoms with van der Waals surface area (Å²) in [5, 5.41) is 0.251. The molecule has 28 heavy (non-hydrogen) atoms. The van der Waals surface area contributed by atoms with Gasteiger partial charge in [-0.15, -0.1) is 0 Å². The molecule has 0 radical (unpaired) electrons. The van der Waals surface area contributed by atoms with Crippen LogP contribution < -0.4 is 9.04 Å². The Bertz CT molecular complexity index is 951. The number of carbonyl (C=O) groups is 1. The average molecular weight is 422 g/mol. The third kappa shape index (κ3) is 4.18. The minimum absolute atomic E-state index is 0.0780. The maximum absolute atomic E-state index is 13.4. The standard InChI is InChI=1S/C21H24ClNO4S/c1-15-8-11-18(12-9-15)28(25,26)23(21(24)16-6-4-3-5-7-16)17-10-13-20(27-2)19(22)14-17/h8-14,16H,3-7H2,1-2H3. The van der Waals surface area contributed by atoms with Gasteiger partial charge in [0.05, 0.1) is 22.7 Å². The smallest absolute Gasteiger partial charge is 0.270 e. The Morgan fingerprint density at radius 2 is 1.71 bits per heavy atom. The number of ether oxygens (including phenoxy) is 1. The molecule has 1 fully saturated rings. The highest BCUT2D eigenvalue weighted by Crippen LogP contribution is 2.35. The minimum Gasteiger partial charge on any atom is -0.495 e. The van der Waals surface area contributed by atoms with E-state index in [-0.39, 0.29) is 21.5 Å². The van der Waals surface area contributed by atoms with Crippen LogP contribution in [0.2, 0.25) is 5.02 Å². The van der Waals surface area contributed by atoms with Crippen LogP contribution >= 0.6 is 11.6 Å². The highest BCUT2D eigenvalue weighted by molar-refractivity contribution is 7.93. The number of benzene rings is 2. The van der Waals surface area contributed by atoms with E-state index in [0.29, 0.717) is 18.6 Å². The molecule has 3 rings (SSSR count). The number of carbonyl (C=O) groups excluding carboxylic acids is 1. The molecule has 1 amide bonds. The van der Waals surface area contributed by atoms with Crippen molar-refractivity contribution in [1.29, 1.82) is 0 Å². The molecule has 5 nitrogen and oxygen atoms in total. The van der Waals surface area contributed by atoms with Gasteiger partial charge in [-0.05, 0) is 50.1 Å². The molecule has 7 heteroatoms. The molecule has 1 aliphatic carbocycles. The van der Waals surface area contributed by atoms with Gasteiger partial charge in [0.1, 0.15) is 5.75 Å². The Morgan fingerprint density at radius 3 is 2.29 bits per heavy atom. The predicted octanol–water partition coefficient (Wildman–Crippen LogP) is 4.96. The fourth-order valence-corrected chi connectivity index (χ4v) is 5.22. The van der Waals surface area contributed by atoms with Gasteiger partial charge in [-0.25, -0.2) is 12.7 Å². The highest BCUT2D eigenvalue weighted by Gasteiger charge is 2.36. The maximum atomic E-state index is 13.4. The van der Waals surface area contributed by atoms with Crippen molar-refractivity contribution in [3.8, 4) is 5.75 Å². The van der Waals surface area contributed by atoms with Crippen molar-refractivity contribution in [2.24, 2.45) is 5.92 Å². The van der Waals surface area contributed by atoms with E-state index in [1.54, 1.807) is 24.3 Å². The lowest BCUT2D eigenvalue weighted by Gasteiger charge is -2.29. The molecule has 1 saturated carbocycles. The van der Waals surface area contributed by atoms with Gasteiger partial charge in [0.15, 0.2) is 0 Å². The number of anilines is 1. The normalized spacial score (nSPS) is 15.2. The van der Waals surface area contributed by atoms with Gasteiger partial charge < -0.3 is 4.74 Å². The van der Waals surface area contributed by atoms with E-state index >= 15 is 0 Å². The molecule has 0 unspecified atom stereocenters. The molecule has 2 aromatic rings. The van der Waals surface area contributed by atoms with Gasteiger partial charge in [0.25, 0.3) is 10.0 Å². The Hall–Kier alpha value is -2.05. The van der Waals surface area contributed by atoms with Crippen molar-refractivity contribution in [3.05, 3.63) is 53.1 Å². The second-order valence-electron chi connectivity index (χ2n) is 7.07. The highest BCUT2D eigenvalue weighted by atomic mass is 35.5. The molecule has 0 spiro atoms. The summed E-state index contributed by atoms with van der Waals surface area (Å²) in [7, 11) is -2.59. The quantitative estimate of drug-likeness (QED) is 0.684. The zero-order valence-electron chi connectivity index (χ0n) is 16.0. The fourth-order valence-electron chi connectivity index (χ4n) is 3.50. The van der Waals surface area contributed by atoms with Gasteiger partial charge in [0, 0.05) is 5.92 Å². The minimum atomic E-state index is -4.07. The summed E-state index contributed by atoms with van der Waals surface area (Å²) in [4.78, 5) is 13.4. The molecule has 0 aromatic heterocycles. The van der Waals surface area contributed by atoms with Crippen LogP contribution in [0, 0.1) is 12.8 Å². The molecule has 0 N–H and O–H groups in total. The maximum Gasteiger partial charge on any atom is 0.270 e. The van der Waals surface area contributed by atoms with Crippen LogP contribution in [-0.4, -0.2) is 21.4 Å². The number of hydrogen-bond donors (Lipinski definition) is 0. The molecule has 1 aliphatic rings. The first-order chi connectivity index (χ1) is 13.3. The summed E-state index contributed by atoms with van der Waals surface area (Å²) in [6.45, 7) is 1.88. The molecular formula is C21H24ClNO4S. The summed E-state index contributed by atoms with van der Waals surface area (Å²) in [5.74, 6) is -0.292. The number of hydrogen-bond acceptors (Lipinski definition) is 4. The van der Waals surface area contributed by atoms with Gasteiger partial charge in [-0.3, -0.25) is 4.79 Å². The SMILES string of the molecule is COc1ccc(N(C(=O)C2CCCCC2)S(=O)(=O)c2ccc(C)cc2)cc1Cl. The summed E-state index contributed by atoms with van der Waals surface area (Å²) >= 11 is 6.22. The van der Waals surface area contributed by atoms with Crippen LogP contribution in [0.3, 0.4) is 0 Å². The second kappa shape index (κ2) is 8.53. The largest absolute Gasteiger partial charge is 0.495 e. The van der Waals surface area contributed by atoms with Crippen LogP contribution in [-0.2, 0) is 14.8 Å². The monoisotopic (exact) mass is 421 g/mol. The zero-order chi connectivity index (χ0) is 20.3. The van der Waals surface area contributed by atoms with E-state index in [2.05, 4.69) is 0 Å². The van der Waals surface area contributed by atoms with Crippen molar-refractivity contribution >= 4 is 33.2 Å². The van der Waals surface area contributed by atoms with E-state index in [4.69, 9.17) is 16.3 Å². The molecule has 2 aromatic carbocycles. The number of aryl methyl sites for hydroxylation is 1. The van der Waals surface area contributed by atoms with Crippen LogP contribution in [0.25, 0.3) is 0 Å². The number of amides is 1. The Balaban J connectivity index is 2.09. The summed E-state index contributed by atoms with van der Waals surface area (Å²) in [5.41, 5.74) is 1.17. The third-order valence-corrected chi connectivity index (χ3v) is 7.12.